The molecule has 90 valence electrons. The lowest BCUT2D eigenvalue weighted by atomic mass is 9.75. The second-order valence-corrected chi connectivity index (χ2v) is 4.97. The monoisotopic (exact) mass is 302 g/mol. The summed E-state index contributed by atoms with van der Waals surface area (Å²) in [7, 11) is 0. The smallest absolute Gasteiger partial charge is 0.193 e. The summed E-state index contributed by atoms with van der Waals surface area (Å²) in [5.41, 5.74) is 1.37. The highest BCUT2D eigenvalue weighted by Gasteiger charge is 2.40. The van der Waals surface area contributed by atoms with Gasteiger partial charge in [0.05, 0.1) is 0 Å². The van der Waals surface area contributed by atoms with E-state index in [1.165, 1.54) is 0 Å². The summed E-state index contributed by atoms with van der Waals surface area (Å²) < 4.78 is 0. The molecule has 1 aliphatic rings. The molecule has 0 spiro atoms. The van der Waals surface area contributed by atoms with Crippen molar-refractivity contribution in [3.05, 3.63) is 70.8 Å². The predicted molar refractivity (Wildman–Crippen MR) is 73.1 cm³/mol. The molecule has 1 aliphatic carbocycles. The van der Waals surface area contributed by atoms with Gasteiger partial charge in [-0.3, -0.25) is 4.79 Å². The van der Waals surface area contributed by atoms with Crippen LogP contribution in [-0.4, -0.2) is 16.2 Å². The third kappa shape index (κ3) is 1.41. The van der Waals surface area contributed by atoms with Crippen molar-refractivity contribution in [1.29, 1.82) is 0 Å². The van der Waals surface area contributed by atoms with Gasteiger partial charge in [0.15, 0.2) is 5.78 Å². The summed E-state index contributed by atoms with van der Waals surface area (Å²) >= 11 is 3.37. The van der Waals surface area contributed by atoms with E-state index in [1.54, 1.807) is 12.1 Å². The third-order valence-corrected chi connectivity index (χ3v) is 4.24. The van der Waals surface area contributed by atoms with E-state index in [4.69, 9.17) is 0 Å². The predicted octanol–water partition coefficient (Wildman–Crippen LogP) is 2.86. The SMILES string of the molecule is O=C1c2ccccc2C(O)(CBr)c2ccccc21. The van der Waals surface area contributed by atoms with Crippen LogP contribution in [0.1, 0.15) is 27.0 Å². The van der Waals surface area contributed by atoms with Crippen LogP contribution in [0.15, 0.2) is 48.5 Å². The molecule has 0 amide bonds. The van der Waals surface area contributed by atoms with E-state index < -0.39 is 5.60 Å². The van der Waals surface area contributed by atoms with Gasteiger partial charge in [-0.05, 0) is 0 Å². The summed E-state index contributed by atoms with van der Waals surface area (Å²) in [4.78, 5) is 12.4. The lowest BCUT2D eigenvalue weighted by Gasteiger charge is -2.34. The molecular weight excluding hydrogens is 292 g/mol. The molecule has 0 fully saturated rings. The molecule has 2 aromatic rings. The molecule has 0 unspecified atom stereocenters. The maximum Gasteiger partial charge on any atom is 0.193 e. The highest BCUT2D eigenvalue weighted by Crippen LogP contribution is 2.40. The first-order valence-corrected chi connectivity index (χ1v) is 6.82. The number of hydrogen-bond donors (Lipinski definition) is 1. The number of halogens is 1. The zero-order valence-electron chi connectivity index (χ0n) is 9.56. The molecule has 0 radical (unpaired) electrons. The zero-order chi connectivity index (χ0) is 12.8. The Bertz CT molecular complexity index is 584. The number of carbonyl (C=O) groups is 1. The fraction of sp³-hybridized carbons (Fsp3) is 0.133. The van der Waals surface area contributed by atoms with Crippen LogP contribution >= 0.6 is 15.9 Å². The second kappa shape index (κ2) is 4.04. The lowest BCUT2D eigenvalue weighted by molar-refractivity contribution is 0.0895. The van der Waals surface area contributed by atoms with Crippen LogP contribution in [0, 0.1) is 0 Å². The Morgan fingerprint density at radius 2 is 1.39 bits per heavy atom. The van der Waals surface area contributed by atoms with Gasteiger partial charge in [0.25, 0.3) is 0 Å². The minimum absolute atomic E-state index is 0.0215. The summed E-state index contributed by atoms with van der Waals surface area (Å²) in [5.74, 6) is -0.0215. The number of aliphatic hydroxyl groups is 1. The Morgan fingerprint density at radius 3 is 1.83 bits per heavy atom. The van der Waals surface area contributed by atoms with E-state index in [0.29, 0.717) is 27.6 Å². The number of carbonyl (C=O) groups excluding carboxylic acids is 1. The van der Waals surface area contributed by atoms with Crippen molar-refractivity contribution >= 4 is 21.7 Å². The highest BCUT2D eigenvalue weighted by atomic mass is 79.9. The average Bonchev–Trinajstić information content (AvgIpc) is 2.45. The van der Waals surface area contributed by atoms with E-state index in [1.807, 2.05) is 36.4 Å². The van der Waals surface area contributed by atoms with E-state index in [-0.39, 0.29) is 5.78 Å². The van der Waals surface area contributed by atoms with E-state index >= 15 is 0 Å². The van der Waals surface area contributed by atoms with E-state index in [2.05, 4.69) is 15.9 Å². The molecule has 0 saturated carbocycles. The fourth-order valence-electron chi connectivity index (χ4n) is 2.52. The van der Waals surface area contributed by atoms with E-state index in [9.17, 15) is 9.90 Å². The maximum absolute atomic E-state index is 12.4. The third-order valence-electron chi connectivity index (χ3n) is 3.43. The Morgan fingerprint density at radius 1 is 0.944 bits per heavy atom. The fourth-order valence-corrected chi connectivity index (χ4v) is 3.12. The van der Waals surface area contributed by atoms with Gasteiger partial charge in [-0.1, -0.05) is 64.5 Å². The summed E-state index contributed by atoms with van der Waals surface area (Å²) in [6.45, 7) is 0. The standard InChI is InChI=1S/C15H11BrO2/c16-9-15(18)12-7-3-1-5-10(12)14(17)11-6-2-4-8-13(11)15/h1-8,18H,9H2. The maximum atomic E-state index is 12.4. The van der Waals surface area contributed by atoms with Crippen molar-refractivity contribution in [2.75, 3.05) is 5.33 Å². The van der Waals surface area contributed by atoms with Crippen molar-refractivity contribution in [3.8, 4) is 0 Å². The van der Waals surface area contributed by atoms with Gasteiger partial charge in [-0.2, -0.15) is 0 Å². The topological polar surface area (TPSA) is 37.3 Å². The Hall–Kier alpha value is -1.45. The Balaban J connectivity index is 2.38. The van der Waals surface area contributed by atoms with Crippen molar-refractivity contribution in [2.24, 2.45) is 0 Å². The molecule has 0 aliphatic heterocycles. The summed E-state index contributed by atoms with van der Waals surface area (Å²) in [6.07, 6.45) is 0. The molecule has 0 aromatic heterocycles. The molecule has 18 heavy (non-hydrogen) atoms. The number of benzene rings is 2. The Labute approximate surface area is 113 Å². The van der Waals surface area contributed by atoms with Crippen molar-refractivity contribution < 1.29 is 9.90 Å². The van der Waals surface area contributed by atoms with Crippen LogP contribution < -0.4 is 0 Å². The molecule has 0 bridgehead atoms. The van der Waals surface area contributed by atoms with Gasteiger partial charge < -0.3 is 5.11 Å². The molecule has 2 aromatic carbocycles. The van der Waals surface area contributed by atoms with Gasteiger partial charge in [-0.25, -0.2) is 0 Å². The molecule has 0 saturated heterocycles. The molecule has 0 heterocycles. The normalized spacial score (nSPS) is 16.0. The summed E-state index contributed by atoms with van der Waals surface area (Å²) in [5, 5.41) is 11.3. The highest BCUT2D eigenvalue weighted by molar-refractivity contribution is 9.09. The molecule has 3 heteroatoms. The molecule has 1 N–H and O–H groups in total. The number of hydrogen-bond acceptors (Lipinski definition) is 2. The number of fused-ring (bicyclic) bond motifs is 2. The van der Waals surface area contributed by atoms with E-state index in [0.717, 1.165) is 0 Å². The minimum atomic E-state index is -1.14. The van der Waals surface area contributed by atoms with Gasteiger partial charge >= 0.3 is 0 Å². The van der Waals surface area contributed by atoms with Crippen LogP contribution in [-0.2, 0) is 5.60 Å². The van der Waals surface area contributed by atoms with Crippen LogP contribution in [0.3, 0.4) is 0 Å². The zero-order valence-corrected chi connectivity index (χ0v) is 11.1. The van der Waals surface area contributed by atoms with Crippen molar-refractivity contribution in [3.63, 3.8) is 0 Å². The first-order chi connectivity index (χ1) is 8.68. The van der Waals surface area contributed by atoms with Crippen LogP contribution in [0.5, 0.6) is 0 Å². The molecule has 3 rings (SSSR count). The van der Waals surface area contributed by atoms with Gasteiger partial charge in [0, 0.05) is 27.6 Å². The quantitative estimate of drug-likeness (QED) is 0.823. The second-order valence-electron chi connectivity index (χ2n) is 4.41. The van der Waals surface area contributed by atoms with Gasteiger partial charge in [0.2, 0.25) is 0 Å². The van der Waals surface area contributed by atoms with Crippen LogP contribution in [0.4, 0.5) is 0 Å². The van der Waals surface area contributed by atoms with Crippen molar-refractivity contribution in [1.82, 2.24) is 0 Å². The number of alkyl halides is 1. The summed E-state index contributed by atoms with van der Waals surface area (Å²) in [6, 6.07) is 14.5. The van der Waals surface area contributed by atoms with Gasteiger partial charge in [0.1, 0.15) is 5.60 Å². The van der Waals surface area contributed by atoms with Gasteiger partial charge in [-0.15, -0.1) is 0 Å². The first-order valence-electron chi connectivity index (χ1n) is 5.70. The molecule has 0 atom stereocenters. The lowest BCUT2D eigenvalue weighted by Crippen LogP contribution is -2.37. The number of rotatable bonds is 1. The average molecular weight is 303 g/mol. The van der Waals surface area contributed by atoms with Crippen LogP contribution in [0.2, 0.25) is 0 Å². The van der Waals surface area contributed by atoms with Crippen molar-refractivity contribution in [2.45, 2.75) is 5.60 Å². The first kappa shape index (κ1) is 11.6. The molecular formula is C15H11BrO2. The number of ketones is 1. The largest absolute Gasteiger partial charge is 0.379 e. The van der Waals surface area contributed by atoms with Crippen LogP contribution in [0.25, 0.3) is 0 Å². The Kier molecular flexibility index (Phi) is 2.61. The minimum Gasteiger partial charge on any atom is -0.379 e. The molecule has 2 nitrogen and oxygen atoms in total.